The maximum atomic E-state index is 5.70. The van der Waals surface area contributed by atoms with Crippen molar-refractivity contribution in [2.75, 3.05) is 13.2 Å². The van der Waals surface area contributed by atoms with Crippen molar-refractivity contribution >= 4 is 0 Å². The van der Waals surface area contributed by atoms with Crippen molar-refractivity contribution in [2.45, 2.75) is 38.9 Å². The monoisotopic (exact) mass is 170 g/mol. The normalized spacial score (nSPS) is 40.5. The lowest BCUT2D eigenvalue weighted by atomic mass is 9.79. The molecule has 0 amide bonds. The lowest BCUT2D eigenvalue weighted by Gasteiger charge is -2.38. The molecule has 1 spiro atoms. The van der Waals surface area contributed by atoms with Crippen LogP contribution in [-0.2, 0) is 9.47 Å². The third kappa shape index (κ3) is 1.50. The van der Waals surface area contributed by atoms with Gasteiger partial charge in [0.2, 0.25) is 0 Å². The van der Waals surface area contributed by atoms with E-state index in [1.807, 2.05) is 0 Å². The zero-order chi connectivity index (χ0) is 8.60. The highest BCUT2D eigenvalue weighted by atomic mass is 16.7. The van der Waals surface area contributed by atoms with Crippen LogP contribution in [0.1, 0.15) is 33.1 Å². The van der Waals surface area contributed by atoms with Gasteiger partial charge in [0.25, 0.3) is 0 Å². The molecule has 0 aromatic heterocycles. The van der Waals surface area contributed by atoms with Gasteiger partial charge in [0.1, 0.15) is 0 Å². The first-order valence-electron chi connectivity index (χ1n) is 4.98. The topological polar surface area (TPSA) is 18.5 Å². The molecule has 1 heterocycles. The van der Waals surface area contributed by atoms with Crippen LogP contribution in [0.4, 0.5) is 0 Å². The first kappa shape index (κ1) is 8.52. The molecule has 0 radical (unpaired) electrons. The molecule has 2 atom stereocenters. The summed E-state index contributed by atoms with van der Waals surface area (Å²) in [5.41, 5.74) is 0. The molecule has 1 saturated carbocycles. The van der Waals surface area contributed by atoms with E-state index >= 15 is 0 Å². The first-order chi connectivity index (χ1) is 5.70. The number of hydrogen-bond donors (Lipinski definition) is 0. The van der Waals surface area contributed by atoms with Gasteiger partial charge in [0.05, 0.1) is 13.2 Å². The van der Waals surface area contributed by atoms with Gasteiger partial charge < -0.3 is 9.47 Å². The first-order valence-corrected chi connectivity index (χ1v) is 4.98. The Hall–Kier alpha value is -0.0800. The molecule has 0 N–H and O–H groups in total. The quantitative estimate of drug-likeness (QED) is 0.555. The predicted octanol–water partition coefficient (Wildman–Crippen LogP) is 2.19. The van der Waals surface area contributed by atoms with Crippen molar-refractivity contribution in [1.82, 2.24) is 0 Å². The van der Waals surface area contributed by atoms with E-state index in [4.69, 9.17) is 9.47 Å². The molecule has 2 nitrogen and oxygen atoms in total. The maximum absolute atomic E-state index is 5.70. The van der Waals surface area contributed by atoms with E-state index in [2.05, 4.69) is 13.8 Å². The molecule has 2 aliphatic rings. The second kappa shape index (κ2) is 3.00. The Bertz CT molecular complexity index is 149. The van der Waals surface area contributed by atoms with Crippen molar-refractivity contribution in [3.8, 4) is 0 Å². The standard InChI is InChI=1S/C10H18O2/c1-8-5-9(2)7-10(6-8)11-3-4-12-10/h8-9H,3-7H2,1-2H3. The van der Waals surface area contributed by atoms with Gasteiger partial charge in [0, 0.05) is 12.8 Å². The Morgan fingerprint density at radius 3 is 2.00 bits per heavy atom. The Morgan fingerprint density at radius 1 is 1.00 bits per heavy atom. The molecular formula is C10H18O2. The van der Waals surface area contributed by atoms with Gasteiger partial charge in [-0.05, 0) is 18.3 Å². The van der Waals surface area contributed by atoms with E-state index in [1.54, 1.807) is 0 Å². The van der Waals surface area contributed by atoms with Gasteiger partial charge in [-0.15, -0.1) is 0 Å². The van der Waals surface area contributed by atoms with Crippen LogP contribution in [0.25, 0.3) is 0 Å². The molecule has 70 valence electrons. The van der Waals surface area contributed by atoms with Crippen molar-refractivity contribution < 1.29 is 9.47 Å². The summed E-state index contributed by atoms with van der Waals surface area (Å²) in [5, 5.41) is 0. The average molecular weight is 170 g/mol. The van der Waals surface area contributed by atoms with Gasteiger partial charge >= 0.3 is 0 Å². The van der Waals surface area contributed by atoms with Gasteiger partial charge in [-0.2, -0.15) is 0 Å². The number of ether oxygens (including phenoxy) is 2. The summed E-state index contributed by atoms with van der Waals surface area (Å²) in [7, 11) is 0. The fourth-order valence-electron chi connectivity index (χ4n) is 2.73. The minimum atomic E-state index is -0.183. The summed E-state index contributed by atoms with van der Waals surface area (Å²) in [6, 6.07) is 0. The molecule has 2 rings (SSSR count). The lowest BCUT2D eigenvalue weighted by molar-refractivity contribution is -0.194. The Kier molecular flexibility index (Phi) is 2.13. The molecule has 0 aromatic carbocycles. The van der Waals surface area contributed by atoms with Crippen molar-refractivity contribution in [3.63, 3.8) is 0 Å². The van der Waals surface area contributed by atoms with E-state index in [1.165, 1.54) is 6.42 Å². The zero-order valence-corrected chi connectivity index (χ0v) is 8.01. The lowest BCUT2D eigenvalue weighted by Crippen LogP contribution is -2.38. The van der Waals surface area contributed by atoms with Gasteiger partial charge in [0.15, 0.2) is 5.79 Å². The molecule has 0 bridgehead atoms. The zero-order valence-electron chi connectivity index (χ0n) is 8.01. The molecule has 2 fully saturated rings. The van der Waals surface area contributed by atoms with Crippen LogP contribution in [0.15, 0.2) is 0 Å². The molecule has 2 unspecified atom stereocenters. The van der Waals surface area contributed by atoms with E-state index in [9.17, 15) is 0 Å². The summed E-state index contributed by atoms with van der Waals surface area (Å²) in [5.74, 6) is 1.33. The molecule has 1 aliphatic carbocycles. The van der Waals surface area contributed by atoms with E-state index in [0.29, 0.717) is 0 Å². The van der Waals surface area contributed by atoms with Crippen LogP contribution < -0.4 is 0 Å². The predicted molar refractivity (Wildman–Crippen MR) is 46.8 cm³/mol. The van der Waals surface area contributed by atoms with E-state index < -0.39 is 0 Å². The SMILES string of the molecule is CC1CC(C)CC2(C1)OCCO2. The van der Waals surface area contributed by atoms with Crippen molar-refractivity contribution in [2.24, 2.45) is 11.8 Å². The van der Waals surface area contributed by atoms with Crippen LogP contribution in [-0.4, -0.2) is 19.0 Å². The number of hydrogen-bond acceptors (Lipinski definition) is 2. The largest absolute Gasteiger partial charge is 0.348 e. The Labute approximate surface area is 74.2 Å². The van der Waals surface area contributed by atoms with Crippen molar-refractivity contribution in [1.29, 1.82) is 0 Å². The Balaban J connectivity index is 2.04. The summed E-state index contributed by atoms with van der Waals surface area (Å²) in [4.78, 5) is 0. The third-order valence-electron chi connectivity index (χ3n) is 2.94. The summed E-state index contributed by atoms with van der Waals surface area (Å²) < 4.78 is 11.4. The van der Waals surface area contributed by atoms with Gasteiger partial charge in [-0.3, -0.25) is 0 Å². The second-order valence-corrected chi connectivity index (χ2v) is 4.46. The van der Waals surface area contributed by atoms with Crippen LogP contribution in [0.2, 0.25) is 0 Å². The van der Waals surface area contributed by atoms with E-state index in [0.717, 1.165) is 37.9 Å². The smallest absolute Gasteiger partial charge is 0.169 e. The van der Waals surface area contributed by atoms with Crippen LogP contribution in [0, 0.1) is 11.8 Å². The molecule has 12 heavy (non-hydrogen) atoms. The maximum Gasteiger partial charge on any atom is 0.169 e. The van der Waals surface area contributed by atoms with E-state index in [-0.39, 0.29) is 5.79 Å². The number of rotatable bonds is 0. The summed E-state index contributed by atoms with van der Waals surface area (Å²) in [6.45, 7) is 6.17. The second-order valence-electron chi connectivity index (χ2n) is 4.46. The van der Waals surface area contributed by atoms with Crippen molar-refractivity contribution in [3.05, 3.63) is 0 Å². The van der Waals surface area contributed by atoms with Gasteiger partial charge in [-0.1, -0.05) is 13.8 Å². The van der Waals surface area contributed by atoms with Crippen LogP contribution in [0.3, 0.4) is 0 Å². The highest BCUT2D eigenvalue weighted by Crippen LogP contribution is 2.41. The highest BCUT2D eigenvalue weighted by Gasteiger charge is 2.42. The molecule has 1 aliphatic heterocycles. The fraction of sp³-hybridized carbons (Fsp3) is 1.00. The van der Waals surface area contributed by atoms with Crippen LogP contribution in [0.5, 0.6) is 0 Å². The minimum Gasteiger partial charge on any atom is -0.348 e. The molecule has 0 aromatic rings. The minimum absolute atomic E-state index is 0.183. The van der Waals surface area contributed by atoms with Gasteiger partial charge in [-0.25, -0.2) is 0 Å². The fourth-order valence-corrected chi connectivity index (χ4v) is 2.73. The molecule has 2 heteroatoms. The summed E-state index contributed by atoms with van der Waals surface area (Å²) >= 11 is 0. The Morgan fingerprint density at radius 2 is 1.50 bits per heavy atom. The molecular weight excluding hydrogens is 152 g/mol. The summed E-state index contributed by atoms with van der Waals surface area (Å²) in [6.07, 6.45) is 3.52. The third-order valence-corrected chi connectivity index (χ3v) is 2.94. The highest BCUT2D eigenvalue weighted by molar-refractivity contribution is 4.84. The van der Waals surface area contributed by atoms with Crippen LogP contribution >= 0.6 is 0 Å². The average Bonchev–Trinajstić information content (AvgIpc) is 2.33. The molecule has 1 saturated heterocycles.